The van der Waals surface area contributed by atoms with Crippen LogP contribution < -0.4 is 0 Å². The van der Waals surface area contributed by atoms with Crippen molar-refractivity contribution >= 4 is 11.0 Å². The van der Waals surface area contributed by atoms with Crippen molar-refractivity contribution in [2.45, 2.75) is 33.2 Å². The first-order chi connectivity index (χ1) is 10.2. The van der Waals surface area contributed by atoms with Crippen molar-refractivity contribution in [2.75, 3.05) is 0 Å². The molecule has 1 heterocycles. The summed E-state index contributed by atoms with van der Waals surface area (Å²) in [5.41, 5.74) is 3.68. The van der Waals surface area contributed by atoms with Crippen LogP contribution in [0.25, 0.3) is 11.0 Å². The van der Waals surface area contributed by atoms with Crippen molar-refractivity contribution in [3.63, 3.8) is 0 Å². The fourth-order valence-corrected chi connectivity index (χ4v) is 2.68. The van der Waals surface area contributed by atoms with Gasteiger partial charge in [-0.2, -0.15) is 0 Å². The van der Waals surface area contributed by atoms with Crippen LogP contribution in [0.5, 0.6) is 0 Å². The molecule has 0 spiro atoms. The van der Waals surface area contributed by atoms with Gasteiger partial charge in [0, 0.05) is 13.0 Å². The predicted octanol–water partition coefficient (Wildman–Crippen LogP) is 4.67. The first-order valence-corrected chi connectivity index (χ1v) is 7.72. The summed E-state index contributed by atoms with van der Waals surface area (Å²) in [6.45, 7) is 5.59. The Morgan fingerprint density at radius 1 is 0.952 bits per heavy atom. The van der Waals surface area contributed by atoms with E-state index in [1.54, 1.807) is 0 Å². The molecule has 0 unspecified atom stereocenters. The number of imidazole rings is 1. The van der Waals surface area contributed by atoms with Gasteiger partial charge in [0.05, 0.1) is 11.0 Å². The summed E-state index contributed by atoms with van der Waals surface area (Å²) < 4.78 is 2.39. The Hall–Kier alpha value is -2.09. The third-order valence-corrected chi connectivity index (χ3v) is 3.87. The molecule has 1 aromatic heterocycles. The van der Waals surface area contributed by atoms with Crippen molar-refractivity contribution in [3.8, 4) is 0 Å². The Morgan fingerprint density at radius 3 is 2.43 bits per heavy atom. The Morgan fingerprint density at radius 2 is 1.67 bits per heavy atom. The Labute approximate surface area is 126 Å². The number of rotatable bonds is 5. The number of hydrogen-bond acceptors (Lipinski definition) is 1. The zero-order valence-electron chi connectivity index (χ0n) is 12.8. The second kappa shape index (κ2) is 6.13. The van der Waals surface area contributed by atoms with Gasteiger partial charge in [-0.3, -0.25) is 0 Å². The molecule has 3 rings (SSSR count). The molecule has 0 bridgehead atoms. The molecule has 0 aliphatic carbocycles. The van der Waals surface area contributed by atoms with Gasteiger partial charge >= 0.3 is 0 Å². The van der Waals surface area contributed by atoms with Crippen LogP contribution in [0.3, 0.4) is 0 Å². The van der Waals surface area contributed by atoms with Crippen LogP contribution in [0, 0.1) is 5.92 Å². The molecule has 108 valence electrons. The van der Waals surface area contributed by atoms with Gasteiger partial charge < -0.3 is 4.57 Å². The van der Waals surface area contributed by atoms with E-state index in [1.807, 2.05) is 0 Å². The standard InChI is InChI=1S/C19H22N2/c1-15(2)12-13-21-18-11-7-6-10-17(18)20-19(21)14-16-8-4-3-5-9-16/h3-11,15H,12-14H2,1-2H3. The number of aryl methyl sites for hydroxylation is 1. The van der Waals surface area contributed by atoms with Crippen LogP contribution in [0.15, 0.2) is 54.6 Å². The van der Waals surface area contributed by atoms with Crippen molar-refractivity contribution in [2.24, 2.45) is 5.92 Å². The van der Waals surface area contributed by atoms with E-state index in [4.69, 9.17) is 4.98 Å². The SMILES string of the molecule is CC(C)CCn1c(Cc2ccccc2)nc2ccccc21. The average molecular weight is 278 g/mol. The fraction of sp³-hybridized carbons (Fsp3) is 0.316. The molecule has 0 aliphatic heterocycles. The molecule has 0 saturated heterocycles. The van der Waals surface area contributed by atoms with Crippen molar-refractivity contribution < 1.29 is 0 Å². The fourth-order valence-electron chi connectivity index (χ4n) is 2.68. The highest BCUT2D eigenvalue weighted by atomic mass is 15.1. The number of para-hydroxylation sites is 2. The molecule has 0 radical (unpaired) electrons. The Bertz CT molecular complexity index is 711. The average Bonchev–Trinajstić information content (AvgIpc) is 2.83. The molecule has 2 aromatic carbocycles. The molecule has 21 heavy (non-hydrogen) atoms. The van der Waals surface area contributed by atoms with Gasteiger partial charge in [0.15, 0.2) is 0 Å². The highest BCUT2D eigenvalue weighted by molar-refractivity contribution is 5.76. The van der Waals surface area contributed by atoms with E-state index in [2.05, 4.69) is 73.0 Å². The van der Waals surface area contributed by atoms with E-state index < -0.39 is 0 Å². The lowest BCUT2D eigenvalue weighted by molar-refractivity contribution is 0.514. The third-order valence-electron chi connectivity index (χ3n) is 3.87. The lowest BCUT2D eigenvalue weighted by Crippen LogP contribution is -2.07. The topological polar surface area (TPSA) is 17.8 Å². The minimum Gasteiger partial charge on any atom is -0.328 e. The van der Waals surface area contributed by atoms with Gasteiger partial charge in [0.2, 0.25) is 0 Å². The Balaban J connectivity index is 1.97. The zero-order chi connectivity index (χ0) is 14.7. The van der Waals surface area contributed by atoms with Crippen LogP contribution in [0.2, 0.25) is 0 Å². The summed E-state index contributed by atoms with van der Waals surface area (Å²) >= 11 is 0. The van der Waals surface area contributed by atoms with Gasteiger partial charge in [0.1, 0.15) is 5.82 Å². The molecular weight excluding hydrogens is 256 g/mol. The van der Waals surface area contributed by atoms with Gasteiger partial charge in [-0.1, -0.05) is 56.3 Å². The molecular formula is C19H22N2. The van der Waals surface area contributed by atoms with Gasteiger partial charge in [0.25, 0.3) is 0 Å². The molecule has 0 aliphatic rings. The lowest BCUT2D eigenvalue weighted by Gasteiger charge is -2.11. The van der Waals surface area contributed by atoms with Crippen molar-refractivity contribution in [3.05, 3.63) is 66.0 Å². The van der Waals surface area contributed by atoms with Crippen molar-refractivity contribution in [1.29, 1.82) is 0 Å². The van der Waals surface area contributed by atoms with Crippen LogP contribution in [-0.2, 0) is 13.0 Å². The van der Waals surface area contributed by atoms with E-state index in [1.165, 1.54) is 23.3 Å². The van der Waals surface area contributed by atoms with Crippen LogP contribution >= 0.6 is 0 Å². The molecule has 2 nitrogen and oxygen atoms in total. The summed E-state index contributed by atoms with van der Waals surface area (Å²) in [5, 5.41) is 0. The molecule has 0 fully saturated rings. The molecule has 0 amide bonds. The largest absolute Gasteiger partial charge is 0.328 e. The smallest absolute Gasteiger partial charge is 0.114 e. The lowest BCUT2D eigenvalue weighted by atomic mass is 10.1. The molecule has 0 saturated carbocycles. The van der Waals surface area contributed by atoms with E-state index >= 15 is 0 Å². The van der Waals surface area contributed by atoms with E-state index in [0.29, 0.717) is 5.92 Å². The number of fused-ring (bicyclic) bond motifs is 1. The molecule has 2 heteroatoms. The molecule has 0 N–H and O–H groups in total. The zero-order valence-corrected chi connectivity index (χ0v) is 12.8. The number of benzene rings is 2. The van der Waals surface area contributed by atoms with E-state index in [0.717, 1.165) is 18.5 Å². The van der Waals surface area contributed by atoms with Crippen LogP contribution in [0.4, 0.5) is 0 Å². The minimum atomic E-state index is 0.704. The highest BCUT2D eigenvalue weighted by Crippen LogP contribution is 2.20. The van der Waals surface area contributed by atoms with Crippen LogP contribution in [0.1, 0.15) is 31.7 Å². The highest BCUT2D eigenvalue weighted by Gasteiger charge is 2.11. The molecule has 3 aromatic rings. The van der Waals surface area contributed by atoms with E-state index in [-0.39, 0.29) is 0 Å². The van der Waals surface area contributed by atoms with Crippen LogP contribution in [-0.4, -0.2) is 9.55 Å². The molecule has 0 atom stereocenters. The first-order valence-electron chi connectivity index (χ1n) is 7.72. The van der Waals surface area contributed by atoms with Gasteiger partial charge in [-0.25, -0.2) is 4.98 Å². The number of aromatic nitrogens is 2. The maximum atomic E-state index is 4.85. The second-order valence-electron chi connectivity index (χ2n) is 6.01. The minimum absolute atomic E-state index is 0.704. The maximum Gasteiger partial charge on any atom is 0.114 e. The first kappa shape index (κ1) is 13.9. The summed E-state index contributed by atoms with van der Waals surface area (Å²) in [6, 6.07) is 19.0. The Kier molecular flexibility index (Phi) is 4.05. The summed E-state index contributed by atoms with van der Waals surface area (Å²) in [4.78, 5) is 4.85. The normalized spacial score (nSPS) is 11.4. The monoisotopic (exact) mass is 278 g/mol. The maximum absolute atomic E-state index is 4.85. The van der Waals surface area contributed by atoms with E-state index in [9.17, 15) is 0 Å². The summed E-state index contributed by atoms with van der Waals surface area (Å²) in [5.74, 6) is 1.87. The van der Waals surface area contributed by atoms with Gasteiger partial charge in [-0.15, -0.1) is 0 Å². The second-order valence-corrected chi connectivity index (χ2v) is 6.01. The summed E-state index contributed by atoms with van der Waals surface area (Å²) in [6.07, 6.45) is 2.08. The van der Waals surface area contributed by atoms with Crippen molar-refractivity contribution in [1.82, 2.24) is 9.55 Å². The number of nitrogens with zero attached hydrogens (tertiary/aromatic N) is 2. The number of hydrogen-bond donors (Lipinski definition) is 0. The quantitative estimate of drug-likeness (QED) is 0.663. The third kappa shape index (κ3) is 3.15. The summed E-state index contributed by atoms with van der Waals surface area (Å²) in [7, 11) is 0. The predicted molar refractivity (Wildman–Crippen MR) is 88.4 cm³/mol. The van der Waals surface area contributed by atoms with Gasteiger partial charge in [-0.05, 0) is 30.0 Å².